The summed E-state index contributed by atoms with van der Waals surface area (Å²) in [5.74, 6) is 0.720. The van der Waals surface area contributed by atoms with Crippen molar-refractivity contribution in [2.75, 3.05) is 12.4 Å². The Morgan fingerprint density at radius 2 is 1.64 bits per heavy atom. The number of rotatable bonds is 7. The molecular weight excluding hydrogens is 509 g/mol. The number of nitrogens with zero attached hydrogens (tertiary/aromatic N) is 4. The number of carbonyl (C=O) groups excluding carboxylic acids is 2. The molecule has 3 aromatic carbocycles. The first-order valence-corrected chi connectivity index (χ1v) is 11.2. The largest absolute Gasteiger partial charge is 0.497 e. The van der Waals surface area contributed by atoms with Crippen LogP contribution in [0.3, 0.4) is 0 Å². The molecule has 0 bridgehead atoms. The minimum Gasteiger partial charge on any atom is -0.497 e. The van der Waals surface area contributed by atoms with Crippen molar-refractivity contribution in [1.29, 1.82) is 0 Å². The fraction of sp³-hybridized carbons (Fsp3) is 0.130. The summed E-state index contributed by atoms with van der Waals surface area (Å²) in [6.45, 7) is 0. The van der Waals surface area contributed by atoms with Crippen molar-refractivity contribution in [1.82, 2.24) is 10.9 Å². The predicted molar refractivity (Wildman–Crippen MR) is 132 cm³/mol. The third-order valence-corrected chi connectivity index (χ3v) is 5.49. The first kappa shape index (κ1) is 24.9. The standard InChI is InChI=1S/C23H19Cl2N7O4/c1-35-16-9-7-15(8-10-16)26-22(34)28-27-21(33)13-23(29-31-32-30-23)17-4-2-3-5-19(17)36-20-11-6-14(24)12-18(20)25/h2-12H,13H2,1H3,(H,27,33)(H2,26,28,34). The van der Waals surface area contributed by atoms with Crippen LogP contribution in [0.1, 0.15) is 12.0 Å². The predicted octanol–water partition coefficient (Wildman–Crippen LogP) is 6.02. The lowest BCUT2D eigenvalue weighted by Gasteiger charge is -2.22. The summed E-state index contributed by atoms with van der Waals surface area (Å²) in [6, 6.07) is 17.6. The van der Waals surface area contributed by atoms with Gasteiger partial charge in [-0.15, -0.1) is 10.2 Å². The fourth-order valence-corrected chi connectivity index (χ4v) is 3.72. The van der Waals surface area contributed by atoms with Gasteiger partial charge in [-0.05, 0) is 59.0 Å². The first-order chi connectivity index (χ1) is 17.4. The van der Waals surface area contributed by atoms with Gasteiger partial charge in [0.25, 0.3) is 0 Å². The molecule has 0 radical (unpaired) electrons. The third-order valence-electron chi connectivity index (χ3n) is 4.96. The molecule has 0 aromatic heterocycles. The molecule has 184 valence electrons. The summed E-state index contributed by atoms with van der Waals surface area (Å²) in [5, 5.41) is 18.7. The summed E-state index contributed by atoms with van der Waals surface area (Å²) in [6.07, 6.45) is -0.322. The minimum absolute atomic E-state index is 0.297. The van der Waals surface area contributed by atoms with E-state index in [0.717, 1.165) is 0 Å². The normalized spacial score (nSPS) is 13.2. The van der Waals surface area contributed by atoms with Gasteiger partial charge in [0, 0.05) is 16.3 Å². The van der Waals surface area contributed by atoms with E-state index in [1.54, 1.807) is 66.7 Å². The lowest BCUT2D eigenvalue weighted by molar-refractivity contribution is -0.123. The monoisotopic (exact) mass is 527 g/mol. The van der Waals surface area contributed by atoms with E-state index < -0.39 is 17.6 Å². The zero-order chi connectivity index (χ0) is 25.5. The zero-order valence-corrected chi connectivity index (χ0v) is 20.2. The molecule has 0 fully saturated rings. The topological polar surface area (TPSA) is 138 Å². The highest BCUT2D eigenvalue weighted by Crippen LogP contribution is 2.43. The summed E-state index contributed by atoms with van der Waals surface area (Å²) >= 11 is 12.2. The van der Waals surface area contributed by atoms with Crippen molar-refractivity contribution < 1.29 is 19.1 Å². The first-order valence-electron chi connectivity index (χ1n) is 10.4. The molecule has 0 unspecified atom stereocenters. The number of nitrogens with one attached hydrogen (secondary N) is 3. The van der Waals surface area contributed by atoms with Gasteiger partial charge < -0.3 is 14.8 Å². The Bertz CT molecular complexity index is 1320. The highest BCUT2D eigenvalue weighted by atomic mass is 35.5. The third kappa shape index (κ3) is 5.88. The second-order valence-corrected chi connectivity index (χ2v) is 8.24. The van der Waals surface area contributed by atoms with Crippen molar-refractivity contribution in [2.45, 2.75) is 12.1 Å². The number of hydrogen-bond acceptors (Lipinski definition) is 8. The second kappa shape index (κ2) is 11.0. The Labute approximate surface area is 215 Å². The molecule has 0 aliphatic carbocycles. The van der Waals surface area contributed by atoms with Crippen molar-refractivity contribution in [3.8, 4) is 17.2 Å². The van der Waals surface area contributed by atoms with E-state index in [4.69, 9.17) is 32.7 Å². The van der Waals surface area contributed by atoms with E-state index in [2.05, 4.69) is 36.8 Å². The molecule has 1 aliphatic rings. The van der Waals surface area contributed by atoms with Crippen LogP contribution >= 0.6 is 23.2 Å². The number of carbonyl (C=O) groups is 2. The number of anilines is 1. The maximum absolute atomic E-state index is 12.7. The Kier molecular flexibility index (Phi) is 7.62. The molecule has 3 aromatic rings. The maximum atomic E-state index is 12.7. The van der Waals surface area contributed by atoms with Gasteiger partial charge in [0.2, 0.25) is 11.6 Å². The molecule has 4 rings (SSSR count). The fourth-order valence-electron chi connectivity index (χ4n) is 3.28. The summed E-state index contributed by atoms with van der Waals surface area (Å²) in [5.41, 5.74) is 4.02. The lowest BCUT2D eigenvalue weighted by atomic mass is 9.96. The average molecular weight is 528 g/mol. The summed E-state index contributed by atoms with van der Waals surface area (Å²) in [4.78, 5) is 24.9. The van der Waals surface area contributed by atoms with Gasteiger partial charge in [0.1, 0.15) is 17.2 Å². The summed E-state index contributed by atoms with van der Waals surface area (Å²) in [7, 11) is 1.54. The van der Waals surface area contributed by atoms with Gasteiger partial charge in [-0.3, -0.25) is 10.2 Å². The molecule has 0 atom stereocenters. The van der Waals surface area contributed by atoms with Crippen LogP contribution in [0.2, 0.25) is 10.0 Å². The Morgan fingerprint density at radius 1 is 0.917 bits per heavy atom. The number of benzene rings is 3. The Balaban J connectivity index is 1.45. The molecule has 0 saturated carbocycles. The Hall–Kier alpha value is -4.22. The molecule has 1 aliphatic heterocycles. The van der Waals surface area contributed by atoms with E-state index in [1.165, 1.54) is 7.11 Å². The number of urea groups is 1. The van der Waals surface area contributed by atoms with E-state index in [0.29, 0.717) is 38.5 Å². The highest BCUT2D eigenvalue weighted by Gasteiger charge is 2.41. The smallest absolute Gasteiger partial charge is 0.337 e. The number of para-hydroxylation sites is 1. The second-order valence-electron chi connectivity index (χ2n) is 7.40. The molecule has 3 N–H and O–H groups in total. The molecule has 13 heteroatoms. The number of hydrazine groups is 1. The van der Waals surface area contributed by atoms with Gasteiger partial charge in [-0.1, -0.05) is 41.4 Å². The molecule has 0 saturated heterocycles. The summed E-state index contributed by atoms with van der Waals surface area (Å²) < 4.78 is 11.1. The Morgan fingerprint density at radius 3 is 2.33 bits per heavy atom. The van der Waals surface area contributed by atoms with E-state index in [-0.39, 0.29) is 6.42 Å². The van der Waals surface area contributed by atoms with Crippen LogP contribution < -0.4 is 25.6 Å². The van der Waals surface area contributed by atoms with Crippen molar-refractivity contribution in [2.24, 2.45) is 20.7 Å². The van der Waals surface area contributed by atoms with E-state index in [1.807, 2.05) is 0 Å². The molecule has 36 heavy (non-hydrogen) atoms. The van der Waals surface area contributed by atoms with Crippen LogP contribution in [0, 0.1) is 0 Å². The molecule has 11 nitrogen and oxygen atoms in total. The number of methoxy groups -OCH3 is 1. The van der Waals surface area contributed by atoms with Crippen LogP contribution in [-0.4, -0.2) is 19.0 Å². The van der Waals surface area contributed by atoms with Gasteiger partial charge in [0.05, 0.1) is 18.6 Å². The van der Waals surface area contributed by atoms with E-state index in [9.17, 15) is 9.59 Å². The van der Waals surface area contributed by atoms with Crippen LogP contribution in [0.5, 0.6) is 17.2 Å². The highest BCUT2D eigenvalue weighted by molar-refractivity contribution is 6.35. The van der Waals surface area contributed by atoms with Crippen molar-refractivity contribution in [3.63, 3.8) is 0 Å². The number of ether oxygens (including phenoxy) is 2. The van der Waals surface area contributed by atoms with Crippen LogP contribution in [-0.2, 0) is 10.5 Å². The molecule has 0 spiro atoms. The quantitative estimate of drug-likeness (QED) is 0.323. The number of halogens is 2. The van der Waals surface area contributed by atoms with Crippen LogP contribution in [0.25, 0.3) is 0 Å². The van der Waals surface area contributed by atoms with Crippen LogP contribution in [0.15, 0.2) is 87.4 Å². The lowest BCUT2D eigenvalue weighted by Crippen LogP contribution is -2.45. The maximum Gasteiger partial charge on any atom is 0.337 e. The minimum atomic E-state index is -1.51. The number of hydrogen-bond donors (Lipinski definition) is 3. The van der Waals surface area contributed by atoms with Crippen LogP contribution in [0.4, 0.5) is 10.5 Å². The zero-order valence-electron chi connectivity index (χ0n) is 18.7. The molecular formula is C23H19Cl2N7O4. The van der Waals surface area contributed by atoms with Gasteiger partial charge in [-0.25, -0.2) is 10.2 Å². The average Bonchev–Trinajstić information content (AvgIpc) is 3.34. The molecule has 1 heterocycles. The SMILES string of the molecule is COc1ccc(NC(=O)NNC(=O)CC2(c3ccccc3Oc3ccc(Cl)cc3Cl)N=NN=N2)cc1. The van der Waals surface area contributed by atoms with Crippen molar-refractivity contribution in [3.05, 3.63) is 82.3 Å². The van der Waals surface area contributed by atoms with Gasteiger partial charge in [-0.2, -0.15) is 0 Å². The van der Waals surface area contributed by atoms with Gasteiger partial charge in [0.15, 0.2) is 0 Å². The van der Waals surface area contributed by atoms with E-state index >= 15 is 0 Å². The number of amides is 3. The van der Waals surface area contributed by atoms with Gasteiger partial charge >= 0.3 is 6.03 Å². The molecule has 3 amide bonds. The van der Waals surface area contributed by atoms with Crippen molar-refractivity contribution >= 4 is 40.8 Å².